The molecule has 1 aliphatic heterocycles. The second-order valence-electron chi connectivity index (χ2n) is 9.95. The molecular formula is C26H28ClN9O2S. The number of nitrogens with one attached hydrogen (secondary N) is 2. The smallest absolute Gasteiger partial charge is 0.231 e. The van der Waals surface area contributed by atoms with Crippen LogP contribution in [0.5, 0.6) is 0 Å². The molecule has 2 aromatic heterocycles. The fourth-order valence-electron chi connectivity index (χ4n) is 4.83. The van der Waals surface area contributed by atoms with Crippen LogP contribution in [-0.4, -0.2) is 63.9 Å². The second-order valence-corrected chi connectivity index (χ2v) is 12.3. The lowest BCUT2D eigenvalue weighted by Gasteiger charge is -2.31. The highest BCUT2D eigenvalue weighted by atomic mass is 35.5. The number of nitrogens with zero attached hydrogens (tertiary/aromatic N) is 7. The van der Waals surface area contributed by atoms with Gasteiger partial charge in [-0.2, -0.15) is 10.4 Å². The van der Waals surface area contributed by atoms with Gasteiger partial charge >= 0.3 is 0 Å². The van der Waals surface area contributed by atoms with Gasteiger partial charge in [0.1, 0.15) is 0 Å². The van der Waals surface area contributed by atoms with Crippen LogP contribution in [0.2, 0.25) is 5.02 Å². The molecule has 13 heteroatoms. The molecule has 202 valence electrons. The van der Waals surface area contributed by atoms with Crippen molar-refractivity contribution < 1.29 is 8.42 Å². The number of rotatable bonds is 8. The van der Waals surface area contributed by atoms with Crippen molar-refractivity contribution in [3.05, 3.63) is 58.8 Å². The Morgan fingerprint density at radius 3 is 2.67 bits per heavy atom. The van der Waals surface area contributed by atoms with E-state index >= 15 is 0 Å². The van der Waals surface area contributed by atoms with Crippen molar-refractivity contribution in [2.45, 2.75) is 44.3 Å². The monoisotopic (exact) mass is 565 g/mol. The van der Waals surface area contributed by atoms with Crippen molar-refractivity contribution >= 4 is 33.3 Å². The van der Waals surface area contributed by atoms with E-state index in [9.17, 15) is 8.42 Å². The number of aromatic nitrogens is 4. The molecule has 39 heavy (non-hydrogen) atoms. The predicted molar refractivity (Wildman–Crippen MR) is 148 cm³/mol. The first-order chi connectivity index (χ1) is 18.7. The van der Waals surface area contributed by atoms with Crippen molar-refractivity contribution in [2.24, 2.45) is 5.92 Å². The Bertz CT molecular complexity index is 1550. The standard InChI is InChI=1S/C26H28ClN9O2S/c1-29-23-15-31-26(33-20-5-7-35(8-6-20)39(2,37)38)34-25(23)19-14-32-36(16-19)24-4-3-17(11-22(24)27)13-30-21-9-18(10-21)12-28/h3-4,11,14-16,18,20-21,30H,5-10,13H2,2H3,(H,31,33,34). The fourth-order valence-corrected chi connectivity index (χ4v) is 5.99. The van der Waals surface area contributed by atoms with E-state index < -0.39 is 10.0 Å². The first-order valence-electron chi connectivity index (χ1n) is 12.7. The van der Waals surface area contributed by atoms with Crippen LogP contribution in [0.15, 0.2) is 36.8 Å². The van der Waals surface area contributed by atoms with E-state index in [1.165, 1.54) is 16.8 Å². The minimum atomic E-state index is -3.20. The molecule has 2 aliphatic rings. The number of halogens is 1. The molecule has 0 amide bonds. The van der Waals surface area contributed by atoms with E-state index in [4.69, 9.17) is 23.4 Å². The molecule has 5 rings (SSSR count). The van der Waals surface area contributed by atoms with Crippen LogP contribution >= 0.6 is 11.6 Å². The van der Waals surface area contributed by atoms with Gasteiger partial charge in [-0.1, -0.05) is 17.7 Å². The number of hydrogen-bond acceptors (Lipinski definition) is 8. The van der Waals surface area contributed by atoms with Gasteiger partial charge < -0.3 is 10.6 Å². The quantitative estimate of drug-likeness (QED) is 0.394. The lowest BCUT2D eigenvalue weighted by atomic mass is 9.81. The highest BCUT2D eigenvalue weighted by Gasteiger charge is 2.28. The van der Waals surface area contributed by atoms with E-state index in [0.717, 1.165) is 18.4 Å². The van der Waals surface area contributed by atoms with E-state index in [2.05, 4.69) is 36.6 Å². The van der Waals surface area contributed by atoms with Crippen LogP contribution in [0.1, 0.15) is 31.2 Å². The normalized spacial score (nSPS) is 20.1. The summed E-state index contributed by atoms with van der Waals surface area (Å²) in [7, 11) is -3.20. The minimum absolute atomic E-state index is 0.0289. The Morgan fingerprint density at radius 1 is 1.23 bits per heavy atom. The molecule has 1 aromatic carbocycles. The summed E-state index contributed by atoms with van der Waals surface area (Å²) in [6, 6.07) is 8.48. The predicted octanol–water partition coefficient (Wildman–Crippen LogP) is 3.76. The Balaban J connectivity index is 1.27. The topological polar surface area (TPSA) is 133 Å². The number of anilines is 1. The molecule has 0 atom stereocenters. The molecule has 2 fully saturated rings. The van der Waals surface area contributed by atoms with E-state index in [0.29, 0.717) is 72.1 Å². The molecule has 1 saturated heterocycles. The van der Waals surface area contributed by atoms with Crippen LogP contribution in [0, 0.1) is 23.8 Å². The highest BCUT2D eigenvalue weighted by molar-refractivity contribution is 7.88. The Kier molecular flexibility index (Phi) is 7.82. The maximum absolute atomic E-state index is 11.8. The third kappa shape index (κ3) is 6.21. The van der Waals surface area contributed by atoms with Gasteiger partial charge in [0, 0.05) is 55.6 Å². The average Bonchev–Trinajstić information content (AvgIpc) is 3.37. The summed E-state index contributed by atoms with van der Waals surface area (Å²) in [5.74, 6) is 0.540. The van der Waals surface area contributed by atoms with Crippen molar-refractivity contribution in [3.63, 3.8) is 0 Å². The zero-order valence-corrected chi connectivity index (χ0v) is 23.0. The Labute approximate surface area is 232 Å². The summed E-state index contributed by atoms with van der Waals surface area (Å²) in [5, 5.41) is 20.7. The summed E-state index contributed by atoms with van der Waals surface area (Å²) >= 11 is 6.60. The van der Waals surface area contributed by atoms with Gasteiger partial charge in [-0.05, 0) is 43.4 Å². The van der Waals surface area contributed by atoms with Crippen LogP contribution in [0.25, 0.3) is 21.8 Å². The summed E-state index contributed by atoms with van der Waals surface area (Å²) in [5.41, 5.74) is 3.15. The molecule has 1 saturated carbocycles. The molecule has 0 unspecified atom stereocenters. The Morgan fingerprint density at radius 2 is 2.00 bits per heavy atom. The Hall–Kier alpha value is -3.55. The lowest BCUT2D eigenvalue weighted by molar-refractivity contribution is 0.273. The van der Waals surface area contributed by atoms with E-state index in [1.807, 2.05) is 18.2 Å². The maximum atomic E-state index is 11.8. The van der Waals surface area contributed by atoms with Crippen LogP contribution in [0.3, 0.4) is 0 Å². The van der Waals surface area contributed by atoms with Gasteiger partial charge in [0.2, 0.25) is 21.7 Å². The molecule has 2 N–H and O–H groups in total. The first kappa shape index (κ1) is 27.0. The van der Waals surface area contributed by atoms with Crippen molar-refractivity contribution in [3.8, 4) is 23.0 Å². The van der Waals surface area contributed by atoms with Crippen LogP contribution in [-0.2, 0) is 16.6 Å². The van der Waals surface area contributed by atoms with Gasteiger partial charge in [0.15, 0.2) is 0 Å². The maximum Gasteiger partial charge on any atom is 0.231 e. The third-order valence-corrected chi connectivity index (χ3v) is 8.78. The summed E-state index contributed by atoms with van der Waals surface area (Å²) < 4.78 is 26.7. The SMILES string of the molecule is [C-]#[N+]c1cnc(NC2CCN(S(C)(=O)=O)CC2)nc1-c1cnn(-c2ccc(CNC3CC(C#N)C3)cc2Cl)c1. The zero-order valence-electron chi connectivity index (χ0n) is 21.4. The number of benzene rings is 1. The lowest BCUT2D eigenvalue weighted by Crippen LogP contribution is -2.42. The van der Waals surface area contributed by atoms with Gasteiger partial charge in [-0.15, -0.1) is 0 Å². The number of piperidine rings is 1. The molecular weight excluding hydrogens is 538 g/mol. The van der Waals surface area contributed by atoms with Gasteiger partial charge in [-0.25, -0.2) is 32.2 Å². The largest absolute Gasteiger partial charge is 0.351 e. The van der Waals surface area contributed by atoms with Gasteiger partial charge in [0.05, 0.1) is 41.5 Å². The van der Waals surface area contributed by atoms with Crippen molar-refractivity contribution in [1.29, 1.82) is 5.26 Å². The van der Waals surface area contributed by atoms with E-state index in [1.54, 1.807) is 17.1 Å². The van der Waals surface area contributed by atoms with E-state index in [-0.39, 0.29) is 12.0 Å². The van der Waals surface area contributed by atoms with Gasteiger partial charge in [-0.3, -0.25) is 0 Å². The fraction of sp³-hybridized carbons (Fsp3) is 0.423. The third-order valence-electron chi connectivity index (χ3n) is 7.18. The summed E-state index contributed by atoms with van der Waals surface area (Å²) in [6.07, 6.45) is 9.16. The average molecular weight is 566 g/mol. The van der Waals surface area contributed by atoms with Gasteiger partial charge in [0.25, 0.3) is 0 Å². The molecule has 0 spiro atoms. The number of hydrogen-bond donors (Lipinski definition) is 2. The van der Waals surface area contributed by atoms with Crippen LogP contribution in [0.4, 0.5) is 11.6 Å². The summed E-state index contributed by atoms with van der Waals surface area (Å²) in [6.45, 7) is 9.12. The van der Waals surface area contributed by atoms with Crippen molar-refractivity contribution in [1.82, 2.24) is 29.4 Å². The second kappa shape index (κ2) is 11.3. The molecule has 3 aromatic rings. The number of sulfonamides is 1. The highest BCUT2D eigenvalue weighted by Crippen LogP contribution is 2.31. The first-order valence-corrected chi connectivity index (χ1v) is 14.9. The molecule has 11 nitrogen and oxygen atoms in total. The van der Waals surface area contributed by atoms with Crippen molar-refractivity contribution in [2.75, 3.05) is 24.7 Å². The summed E-state index contributed by atoms with van der Waals surface area (Å²) in [4.78, 5) is 12.5. The molecule has 3 heterocycles. The zero-order chi connectivity index (χ0) is 27.6. The molecule has 1 aliphatic carbocycles. The number of nitriles is 1. The molecule has 0 radical (unpaired) electrons. The minimum Gasteiger partial charge on any atom is -0.351 e. The van der Waals surface area contributed by atoms with Crippen LogP contribution < -0.4 is 10.6 Å². The molecule has 0 bridgehead atoms.